The van der Waals surface area contributed by atoms with E-state index in [1.807, 2.05) is 0 Å². The van der Waals surface area contributed by atoms with Crippen molar-refractivity contribution in [2.24, 2.45) is 0 Å². The van der Waals surface area contributed by atoms with E-state index in [0.717, 1.165) is 10.6 Å². The summed E-state index contributed by atoms with van der Waals surface area (Å²) in [6.45, 7) is 3.83. The molecular formula is C19H21N3O7S. The molecule has 0 aliphatic carbocycles. The van der Waals surface area contributed by atoms with Crippen molar-refractivity contribution in [2.75, 3.05) is 29.1 Å². The summed E-state index contributed by atoms with van der Waals surface area (Å²) in [6, 6.07) is 7.53. The zero-order chi connectivity index (χ0) is 22.1. The molecule has 0 saturated heterocycles. The van der Waals surface area contributed by atoms with Crippen LogP contribution in [0.4, 0.5) is 17.1 Å². The Kier molecular flexibility index (Phi) is 5.83. The van der Waals surface area contributed by atoms with Gasteiger partial charge in [-0.2, -0.15) is 0 Å². The fourth-order valence-electron chi connectivity index (χ4n) is 3.07. The van der Waals surface area contributed by atoms with Crippen LogP contribution in [0.3, 0.4) is 0 Å². The second kappa shape index (κ2) is 8.19. The molecule has 1 N–H and O–H groups in total. The van der Waals surface area contributed by atoms with E-state index >= 15 is 0 Å². The first kappa shape index (κ1) is 21.4. The van der Waals surface area contributed by atoms with Gasteiger partial charge in [0, 0.05) is 18.2 Å². The summed E-state index contributed by atoms with van der Waals surface area (Å²) in [7, 11) is -3.84. The van der Waals surface area contributed by atoms with Gasteiger partial charge in [0.05, 0.1) is 22.6 Å². The Labute approximate surface area is 173 Å². The monoisotopic (exact) mass is 435 g/mol. The molecule has 2 aromatic rings. The Balaban J connectivity index is 1.91. The van der Waals surface area contributed by atoms with Crippen LogP contribution in [0.2, 0.25) is 0 Å². The van der Waals surface area contributed by atoms with E-state index in [4.69, 9.17) is 9.47 Å². The van der Waals surface area contributed by atoms with E-state index in [0.29, 0.717) is 30.3 Å². The molecule has 1 aliphatic rings. The van der Waals surface area contributed by atoms with Crippen LogP contribution in [0, 0.1) is 17.0 Å². The van der Waals surface area contributed by atoms with Crippen LogP contribution >= 0.6 is 0 Å². The summed E-state index contributed by atoms with van der Waals surface area (Å²) < 4.78 is 36.9. The summed E-state index contributed by atoms with van der Waals surface area (Å²) in [6.07, 6.45) is 0.992. The molecule has 11 heteroatoms. The average molecular weight is 435 g/mol. The summed E-state index contributed by atoms with van der Waals surface area (Å²) in [4.78, 5) is 23.3. The number of hydrogen-bond donors (Lipinski definition) is 1. The maximum Gasteiger partial charge on any atom is 0.271 e. The Bertz CT molecular complexity index is 1100. The minimum Gasteiger partial charge on any atom is -0.486 e. The quantitative estimate of drug-likeness (QED) is 0.545. The highest BCUT2D eigenvalue weighted by Crippen LogP contribution is 2.35. The number of benzene rings is 2. The molecule has 0 fully saturated rings. The molecule has 0 aromatic heterocycles. The molecule has 1 heterocycles. The van der Waals surface area contributed by atoms with E-state index in [1.54, 1.807) is 13.0 Å². The van der Waals surface area contributed by atoms with Gasteiger partial charge < -0.3 is 14.8 Å². The number of ether oxygens (including phenoxy) is 2. The van der Waals surface area contributed by atoms with Crippen LogP contribution < -0.4 is 19.1 Å². The van der Waals surface area contributed by atoms with E-state index in [2.05, 4.69) is 5.32 Å². The number of nitro groups is 1. The molecule has 10 nitrogen and oxygen atoms in total. The van der Waals surface area contributed by atoms with Crippen LogP contribution in [0.5, 0.6) is 11.5 Å². The molecule has 3 rings (SSSR count). The van der Waals surface area contributed by atoms with Crippen LogP contribution in [0.1, 0.15) is 12.5 Å². The Morgan fingerprint density at radius 3 is 2.47 bits per heavy atom. The van der Waals surface area contributed by atoms with Gasteiger partial charge in [-0.25, -0.2) is 8.42 Å². The fourth-order valence-corrected chi connectivity index (χ4v) is 4.24. The predicted molar refractivity (Wildman–Crippen MR) is 111 cm³/mol. The predicted octanol–water partition coefficient (Wildman–Crippen LogP) is 2.47. The van der Waals surface area contributed by atoms with Gasteiger partial charge in [0.15, 0.2) is 11.5 Å². The summed E-state index contributed by atoms with van der Waals surface area (Å²) in [5, 5.41) is 13.6. The molecule has 160 valence electrons. The number of carbonyl (C=O) groups is 1. The highest BCUT2D eigenvalue weighted by Gasteiger charge is 2.30. The van der Waals surface area contributed by atoms with Crippen molar-refractivity contribution in [1.82, 2.24) is 0 Å². The molecular weight excluding hydrogens is 414 g/mol. The van der Waals surface area contributed by atoms with Crippen molar-refractivity contribution in [3.05, 3.63) is 52.1 Å². The van der Waals surface area contributed by atoms with Crippen molar-refractivity contribution in [3.63, 3.8) is 0 Å². The number of aryl methyl sites for hydroxylation is 1. The number of fused-ring (bicyclic) bond motifs is 1. The second-order valence-electron chi connectivity index (χ2n) is 6.81. The first-order valence-corrected chi connectivity index (χ1v) is 10.9. The number of amides is 1. The van der Waals surface area contributed by atoms with Crippen molar-refractivity contribution < 1.29 is 27.6 Å². The minimum atomic E-state index is -3.84. The Morgan fingerprint density at radius 1 is 1.17 bits per heavy atom. The lowest BCUT2D eigenvalue weighted by Gasteiger charge is -2.29. The van der Waals surface area contributed by atoms with Crippen LogP contribution in [-0.4, -0.2) is 44.8 Å². The van der Waals surface area contributed by atoms with Crippen molar-refractivity contribution in [3.8, 4) is 11.5 Å². The SMILES string of the molecule is Cc1ccc([N+](=O)[O-])cc1NC(=O)[C@H](C)N(c1ccc2c(c1)OCCO2)S(C)(=O)=O. The summed E-state index contributed by atoms with van der Waals surface area (Å²) in [5.74, 6) is 0.233. The van der Waals surface area contributed by atoms with Gasteiger partial charge in [-0.05, 0) is 31.5 Å². The van der Waals surface area contributed by atoms with Gasteiger partial charge in [-0.15, -0.1) is 0 Å². The maximum atomic E-state index is 12.9. The number of rotatable bonds is 6. The number of nitrogens with one attached hydrogen (secondary N) is 1. The number of nitro benzene ring substituents is 1. The van der Waals surface area contributed by atoms with Crippen molar-refractivity contribution in [2.45, 2.75) is 19.9 Å². The fraction of sp³-hybridized carbons (Fsp3) is 0.316. The van der Waals surface area contributed by atoms with Crippen molar-refractivity contribution in [1.29, 1.82) is 0 Å². The summed E-state index contributed by atoms with van der Waals surface area (Å²) in [5.41, 5.74) is 0.888. The lowest BCUT2D eigenvalue weighted by molar-refractivity contribution is -0.384. The van der Waals surface area contributed by atoms with Gasteiger partial charge in [0.25, 0.3) is 5.69 Å². The minimum absolute atomic E-state index is 0.185. The molecule has 1 aliphatic heterocycles. The number of carbonyl (C=O) groups excluding carboxylic acids is 1. The number of hydrogen-bond acceptors (Lipinski definition) is 7. The number of non-ortho nitro benzene ring substituents is 1. The summed E-state index contributed by atoms with van der Waals surface area (Å²) >= 11 is 0. The molecule has 0 spiro atoms. The third-order valence-electron chi connectivity index (χ3n) is 4.56. The number of sulfonamides is 1. The van der Waals surface area contributed by atoms with Gasteiger partial charge in [-0.3, -0.25) is 19.2 Å². The highest BCUT2D eigenvalue weighted by molar-refractivity contribution is 7.92. The smallest absolute Gasteiger partial charge is 0.271 e. The molecule has 0 saturated carbocycles. The maximum absolute atomic E-state index is 12.9. The molecule has 0 unspecified atom stereocenters. The first-order chi connectivity index (χ1) is 14.1. The lowest BCUT2D eigenvalue weighted by Crippen LogP contribution is -2.45. The molecule has 0 bridgehead atoms. The largest absolute Gasteiger partial charge is 0.486 e. The lowest BCUT2D eigenvalue weighted by atomic mass is 10.1. The van der Waals surface area contributed by atoms with Gasteiger partial charge in [0.2, 0.25) is 15.9 Å². The van der Waals surface area contributed by atoms with E-state index in [1.165, 1.54) is 37.3 Å². The molecule has 0 radical (unpaired) electrons. The highest BCUT2D eigenvalue weighted by atomic mass is 32.2. The van der Waals surface area contributed by atoms with Crippen LogP contribution in [-0.2, 0) is 14.8 Å². The average Bonchev–Trinajstić information content (AvgIpc) is 2.68. The third kappa shape index (κ3) is 4.46. The normalized spacial score (nSPS) is 14.0. The van der Waals surface area contributed by atoms with Gasteiger partial charge >= 0.3 is 0 Å². The Hall–Kier alpha value is -3.34. The van der Waals surface area contributed by atoms with Crippen LogP contribution in [0.25, 0.3) is 0 Å². The van der Waals surface area contributed by atoms with E-state index in [9.17, 15) is 23.3 Å². The molecule has 30 heavy (non-hydrogen) atoms. The topological polar surface area (TPSA) is 128 Å². The molecule has 1 amide bonds. The number of nitrogens with zero attached hydrogens (tertiary/aromatic N) is 2. The van der Waals surface area contributed by atoms with Crippen molar-refractivity contribution >= 4 is 33.0 Å². The first-order valence-electron chi connectivity index (χ1n) is 9.03. The standard InChI is InChI=1S/C19H21N3O7S/c1-12-4-5-15(22(24)25)10-16(12)20-19(23)13(2)21(30(3,26)27)14-6-7-17-18(11-14)29-9-8-28-17/h4-7,10-11,13H,8-9H2,1-3H3,(H,20,23)/t13-/m0/s1. The van der Waals surface area contributed by atoms with E-state index in [-0.39, 0.29) is 17.1 Å². The van der Waals surface area contributed by atoms with Gasteiger partial charge in [-0.1, -0.05) is 6.07 Å². The third-order valence-corrected chi connectivity index (χ3v) is 5.80. The van der Waals surface area contributed by atoms with Crippen LogP contribution in [0.15, 0.2) is 36.4 Å². The zero-order valence-electron chi connectivity index (χ0n) is 16.6. The second-order valence-corrected chi connectivity index (χ2v) is 8.67. The van der Waals surface area contributed by atoms with E-state index < -0.39 is 26.9 Å². The zero-order valence-corrected chi connectivity index (χ0v) is 17.4. The molecule has 1 atom stereocenters. The number of anilines is 2. The Morgan fingerprint density at radius 2 is 1.83 bits per heavy atom. The molecule has 2 aromatic carbocycles. The van der Waals surface area contributed by atoms with Gasteiger partial charge in [0.1, 0.15) is 19.3 Å².